The van der Waals surface area contributed by atoms with E-state index < -0.39 is 28.1 Å². The molecule has 1 aliphatic heterocycles. The maximum atomic E-state index is 13.1. The molecule has 3 N–H and O–H groups in total. The average molecular weight is 451 g/mol. The Morgan fingerprint density at radius 3 is 2.48 bits per heavy atom. The highest BCUT2D eigenvalue weighted by Crippen LogP contribution is 2.27. The predicted molar refractivity (Wildman–Crippen MR) is 113 cm³/mol. The van der Waals surface area contributed by atoms with Crippen molar-refractivity contribution in [1.29, 1.82) is 0 Å². The van der Waals surface area contributed by atoms with Gasteiger partial charge in [0.2, 0.25) is 15.9 Å². The minimum atomic E-state index is -4.08. The molecular formula is C21H24F2N4O3S. The fourth-order valence-corrected chi connectivity index (χ4v) is 5.03. The number of piperidine rings is 1. The lowest BCUT2D eigenvalue weighted by Gasteiger charge is -2.31. The summed E-state index contributed by atoms with van der Waals surface area (Å²) >= 11 is 0. The van der Waals surface area contributed by atoms with Crippen LogP contribution in [-0.2, 0) is 14.8 Å². The number of pyridine rings is 1. The number of hydrogen-bond acceptors (Lipinski definition) is 5. The van der Waals surface area contributed by atoms with Crippen LogP contribution in [0.15, 0.2) is 59.1 Å². The summed E-state index contributed by atoms with van der Waals surface area (Å²) < 4.78 is 54.0. The van der Waals surface area contributed by atoms with E-state index in [-0.39, 0.29) is 42.9 Å². The molecule has 0 radical (unpaired) electrons. The number of amides is 1. The third-order valence-corrected chi connectivity index (χ3v) is 6.91. The van der Waals surface area contributed by atoms with Crippen molar-refractivity contribution in [2.75, 3.05) is 19.6 Å². The number of aromatic nitrogens is 1. The Kier molecular flexibility index (Phi) is 7.14. The number of nitrogens with zero attached hydrogens (tertiary/aromatic N) is 2. The van der Waals surface area contributed by atoms with Gasteiger partial charge in [-0.2, -0.15) is 13.5 Å². The predicted octanol–water partition coefficient (Wildman–Crippen LogP) is 2.44. The van der Waals surface area contributed by atoms with E-state index in [0.29, 0.717) is 16.8 Å². The number of nitrogens with two attached hydrogens (primary N) is 1. The molecule has 166 valence electrons. The van der Waals surface area contributed by atoms with E-state index in [1.54, 1.807) is 43.5 Å². The van der Waals surface area contributed by atoms with Gasteiger partial charge in [-0.1, -0.05) is 18.2 Å². The summed E-state index contributed by atoms with van der Waals surface area (Å²) in [6.07, 6.45) is 0.0179. The molecule has 3 rings (SSSR count). The molecule has 1 amide bonds. The lowest BCUT2D eigenvalue weighted by Crippen LogP contribution is -2.53. The highest BCUT2D eigenvalue weighted by atomic mass is 32.2. The first-order valence-corrected chi connectivity index (χ1v) is 11.3. The standard InChI is InChI=1S/C21H24F2N4O3S/c1-14-16(17-6-2-3-10-25-17)5-4-7-19(14)31(29,30)26-18(13-24)21(28)27-11-8-15(9-12-27)20(22)23/h2-7,10,18,26H,8-9,11-13,24H2,1H3/t18-/m0/s1. The zero-order valence-corrected chi connectivity index (χ0v) is 17.8. The molecule has 2 aromatic rings. The van der Waals surface area contributed by atoms with Crippen LogP contribution in [0.1, 0.15) is 18.4 Å². The number of carbonyl (C=O) groups excluding carboxylic acids is 1. The zero-order valence-electron chi connectivity index (χ0n) is 17.0. The van der Waals surface area contributed by atoms with Gasteiger partial charge < -0.3 is 10.6 Å². The summed E-state index contributed by atoms with van der Waals surface area (Å²) in [7, 11) is -4.08. The minimum absolute atomic E-state index is 0.0188. The molecule has 0 bridgehead atoms. The van der Waals surface area contributed by atoms with Crippen molar-refractivity contribution in [3.05, 3.63) is 59.8 Å². The van der Waals surface area contributed by atoms with Crippen molar-refractivity contribution in [2.45, 2.75) is 30.7 Å². The van der Waals surface area contributed by atoms with Crippen LogP contribution in [0.25, 0.3) is 11.3 Å². The molecule has 0 spiro atoms. The van der Waals surface area contributed by atoms with Gasteiger partial charge in [0, 0.05) is 31.4 Å². The summed E-state index contributed by atoms with van der Waals surface area (Å²) in [4.78, 5) is 18.4. The summed E-state index contributed by atoms with van der Waals surface area (Å²) in [5, 5.41) is 0. The summed E-state index contributed by atoms with van der Waals surface area (Å²) in [6, 6.07) is 8.98. The van der Waals surface area contributed by atoms with Gasteiger partial charge in [-0.05, 0) is 49.1 Å². The average Bonchev–Trinajstić information content (AvgIpc) is 2.77. The van der Waals surface area contributed by atoms with Crippen LogP contribution in [0.4, 0.5) is 8.78 Å². The van der Waals surface area contributed by atoms with Gasteiger partial charge in [0.1, 0.15) is 6.04 Å². The van der Waals surface area contributed by atoms with Crippen LogP contribution in [0, 0.1) is 6.92 Å². The van der Waals surface area contributed by atoms with Crippen LogP contribution in [0.5, 0.6) is 0 Å². The largest absolute Gasteiger partial charge is 0.341 e. The Morgan fingerprint density at radius 2 is 1.90 bits per heavy atom. The maximum Gasteiger partial charge on any atom is 0.269 e. The van der Waals surface area contributed by atoms with Gasteiger partial charge in [-0.15, -0.1) is 0 Å². The Balaban J connectivity index is 1.81. The molecule has 0 unspecified atom stereocenters. The summed E-state index contributed by atoms with van der Waals surface area (Å²) in [5.41, 5.74) is 7.48. The van der Waals surface area contributed by atoms with Crippen molar-refractivity contribution in [3.63, 3.8) is 0 Å². The smallest absolute Gasteiger partial charge is 0.269 e. The quantitative estimate of drug-likeness (QED) is 0.703. The van der Waals surface area contributed by atoms with Crippen LogP contribution in [-0.4, -0.2) is 49.9 Å². The zero-order chi connectivity index (χ0) is 22.6. The third kappa shape index (κ3) is 5.15. The van der Waals surface area contributed by atoms with Crippen molar-refractivity contribution >= 4 is 15.9 Å². The van der Waals surface area contributed by atoms with Crippen molar-refractivity contribution < 1.29 is 22.0 Å². The molecule has 1 saturated heterocycles. The van der Waals surface area contributed by atoms with E-state index >= 15 is 0 Å². The Bertz CT molecular complexity index is 1080. The fraction of sp³-hybridized carbons (Fsp3) is 0.333. The van der Waals surface area contributed by atoms with Crippen molar-refractivity contribution in [1.82, 2.24) is 14.6 Å². The monoisotopic (exact) mass is 450 g/mol. The summed E-state index contributed by atoms with van der Waals surface area (Å²) in [5.74, 6) is -0.525. The fourth-order valence-electron chi connectivity index (χ4n) is 3.56. The molecule has 2 heterocycles. The van der Waals surface area contributed by atoms with Crippen LogP contribution in [0.3, 0.4) is 0 Å². The Morgan fingerprint density at radius 1 is 1.19 bits per heavy atom. The molecule has 1 atom stereocenters. The van der Waals surface area contributed by atoms with Crippen molar-refractivity contribution in [2.24, 2.45) is 5.73 Å². The number of likely N-dealkylation sites (tertiary alicyclic amines) is 1. The van der Waals surface area contributed by atoms with E-state index in [1.165, 1.54) is 11.0 Å². The van der Waals surface area contributed by atoms with E-state index in [2.05, 4.69) is 9.71 Å². The second-order valence-corrected chi connectivity index (χ2v) is 8.92. The number of benzene rings is 1. The SMILES string of the molecule is Cc1c(-c2ccccn2)cccc1S(=O)(=O)N[C@@H](CN)C(=O)N1CCC(=C(F)F)CC1. The number of hydrogen-bond donors (Lipinski definition) is 2. The number of sulfonamides is 1. The summed E-state index contributed by atoms with van der Waals surface area (Å²) in [6.45, 7) is 1.60. The van der Waals surface area contributed by atoms with Gasteiger partial charge >= 0.3 is 0 Å². The topological polar surface area (TPSA) is 105 Å². The van der Waals surface area contributed by atoms with Crippen LogP contribution in [0.2, 0.25) is 0 Å². The molecule has 1 aromatic carbocycles. The number of nitrogens with one attached hydrogen (secondary N) is 1. The molecule has 0 aliphatic carbocycles. The molecule has 10 heteroatoms. The van der Waals surface area contributed by atoms with Gasteiger partial charge in [-0.25, -0.2) is 8.42 Å². The lowest BCUT2D eigenvalue weighted by atomic mass is 10.0. The number of rotatable bonds is 6. The maximum absolute atomic E-state index is 13.1. The van der Waals surface area contributed by atoms with E-state index in [9.17, 15) is 22.0 Å². The van der Waals surface area contributed by atoms with Crippen LogP contribution >= 0.6 is 0 Å². The second-order valence-electron chi connectivity index (χ2n) is 7.24. The van der Waals surface area contributed by atoms with Gasteiger partial charge in [0.25, 0.3) is 6.08 Å². The first-order valence-electron chi connectivity index (χ1n) is 9.80. The molecule has 0 saturated carbocycles. The highest BCUT2D eigenvalue weighted by Gasteiger charge is 2.31. The third-order valence-electron chi connectivity index (χ3n) is 5.29. The molecule has 1 aliphatic rings. The Hall–Kier alpha value is -2.69. The van der Waals surface area contributed by atoms with E-state index in [0.717, 1.165) is 0 Å². The van der Waals surface area contributed by atoms with Crippen molar-refractivity contribution in [3.8, 4) is 11.3 Å². The van der Waals surface area contributed by atoms with Crippen LogP contribution < -0.4 is 10.5 Å². The first kappa shape index (κ1) is 23.0. The van der Waals surface area contributed by atoms with Gasteiger partial charge in [0.15, 0.2) is 0 Å². The molecule has 1 aromatic heterocycles. The normalized spacial score (nSPS) is 15.6. The Labute approximate surface area is 180 Å². The highest BCUT2D eigenvalue weighted by molar-refractivity contribution is 7.89. The second kappa shape index (κ2) is 9.63. The van der Waals surface area contributed by atoms with E-state index in [1.807, 2.05) is 0 Å². The molecule has 31 heavy (non-hydrogen) atoms. The minimum Gasteiger partial charge on any atom is -0.341 e. The first-order chi connectivity index (χ1) is 14.7. The van der Waals surface area contributed by atoms with E-state index in [4.69, 9.17) is 5.73 Å². The number of halogens is 2. The van der Waals surface area contributed by atoms with Gasteiger partial charge in [0.05, 0.1) is 10.6 Å². The molecule has 7 nitrogen and oxygen atoms in total. The van der Waals surface area contributed by atoms with Gasteiger partial charge in [-0.3, -0.25) is 9.78 Å². The molecule has 1 fully saturated rings. The molecular weight excluding hydrogens is 426 g/mol. The number of carbonyl (C=O) groups is 1. The lowest BCUT2D eigenvalue weighted by molar-refractivity contribution is -0.133.